The molecule has 0 heterocycles. The van der Waals surface area contributed by atoms with E-state index in [2.05, 4.69) is 5.32 Å². The van der Waals surface area contributed by atoms with Crippen molar-refractivity contribution in [3.63, 3.8) is 0 Å². The molecule has 0 saturated heterocycles. The van der Waals surface area contributed by atoms with Crippen molar-refractivity contribution in [1.82, 2.24) is 5.32 Å². The van der Waals surface area contributed by atoms with Crippen molar-refractivity contribution < 1.29 is 14.6 Å². The zero-order chi connectivity index (χ0) is 13.3. The molecule has 0 aromatic heterocycles. The predicted molar refractivity (Wildman–Crippen MR) is 71.4 cm³/mol. The molecule has 106 valence electrons. The summed E-state index contributed by atoms with van der Waals surface area (Å²) in [4.78, 5) is 11.6. The van der Waals surface area contributed by atoms with Gasteiger partial charge < -0.3 is 15.2 Å². The van der Waals surface area contributed by atoms with Gasteiger partial charge in [-0.15, -0.1) is 0 Å². The number of amides is 1. The first-order valence-corrected chi connectivity index (χ1v) is 7.23. The SMILES string of the molecule is CCCOCCC(=O)NCC1(O)CCCCCC1. The van der Waals surface area contributed by atoms with E-state index in [1.54, 1.807) is 0 Å². The average molecular weight is 257 g/mol. The van der Waals surface area contributed by atoms with E-state index < -0.39 is 5.60 Å². The van der Waals surface area contributed by atoms with Crippen molar-refractivity contribution in [3.8, 4) is 0 Å². The fourth-order valence-corrected chi connectivity index (χ4v) is 2.33. The fraction of sp³-hybridized carbons (Fsp3) is 0.929. The molecular formula is C14H27NO3. The molecule has 4 heteroatoms. The third kappa shape index (κ3) is 6.36. The molecule has 0 aromatic rings. The Morgan fingerprint density at radius 2 is 1.89 bits per heavy atom. The third-order valence-corrected chi connectivity index (χ3v) is 3.47. The van der Waals surface area contributed by atoms with Crippen LogP contribution in [0.1, 0.15) is 58.3 Å². The summed E-state index contributed by atoms with van der Waals surface area (Å²) in [5, 5.41) is 13.2. The second kappa shape index (κ2) is 8.48. The highest BCUT2D eigenvalue weighted by Gasteiger charge is 2.28. The van der Waals surface area contributed by atoms with Crippen LogP contribution in [0.25, 0.3) is 0 Å². The Hall–Kier alpha value is -0.610. The van der Waals surface area contributed by atoms with Gasteiger partial charge in [-0.25, -0.2) is 0 Å². The lowest BCUT2D eigenvalue weighted by Gasteiger charge is -2.26. The van der Waals surface area contributed by atoms with Crippen molar-refractivity contribution in [2.24, 2.45) is 0 Å². The van der Waals surface area contributed by atoms with Gasteiger partial charge in [0.15, 0.2) is 0 Å². The molecule has 0 atom stereocenters. The quantitative estimate of drug-likeness (QED) is 0.542. The van der Waals surface area contributed by atoms with Crippen LogP contribution in [0.2, 0.25) is 0 Å². The first kappa shape index (κ1) is 15.4. The molecule has 1 amide bonds. The Bertz CT molecular complexity index is 235. The third-order valence-electron chi connectivity index (χ3n) is 3.47. The topological polar surface area (TPSA) is 58.6 Å². The van der Waals surface area contributed by atoms with E-state index in [-0.39, 0.29) is 5.91 Å². The zero-order valence-electron chi connectivity index (χ0n) is 11.5. The largest absolute Gasteiger partial charge is 0.388 e. The number of carbonyl (C=O) groups excluding carboxylic acids is 1. The minimum atomic E-state index is -0.684. The predicted octanol–water partition coefficient (Wildman–Crippen LogP) is 2.00. The van der Waals surface area contributed by atoms with Gasteiger partial charge in [0.1, 0.15) is 0 Å². The Kier molecular flexibility index (Phi) is 7.28. The molecule has 0 unspecified atom stereocenters. The van der Waals surface area contributed by atoms with Crippen LogP contribution in [0.3, 0.4) is 0 Å². The maximum Gasteiger partial charge on any atom is 0.222 e. The summed E-state index contributed by atoms with van der Waals surface area (Å²) >= 11 is 0. The van der Waals surface area contributed by atoms with E-state index in [0.717, 1.165) is 32.1 Å². The Morgan fingerprint density at radius 1 is 1.22 bits per heavy atom. The van der Waals surface area contributed by atoms with Gasteiger partial charge in [-0.2, -0.15) is 0 Å². The maximum absolute atomic E-state index is 11.6. The van der Waals surface area contributed by atoms with E-state index in [4.69, 9.17) is 4.74 Å². The van der Waals surface area contributed by atoms with Gasteiger partial charge in [0.2, 0.25) is 5.91 Å². The molecule has 2 N–H and O–H groups in total. The highest BCUT2D eigenvalue weighted by Crippen LogP contribution is 2.26. The number of carbonyl (C=O) groups is 1. The highest BCUT2D eigenvalue weighted by atomic mass is 16.5. The van der Waals surface area contributed by atoms with Gasteiger partial charge in [0.25, 0.3) is 0 Å². The van der Waals surface area contributed by atoms with Crippen LogP contribution in [0.5, 0.6) is 0 Å². The molecule has 1 aliphatic carbocycles. The number of hydrogen-bond acceptors (Lipinski definition) is 3. The second-order valence-corrected chi connectivity index (χ2v) is 5.28. The van der Waals surface area contributed by atoms with Crippen molar-refractivity contribution >= 4 is 5.91 Å². The van der Waals surface area contributed by atoms with E-state index in [0.29, 0.717) is 26.2 Å². The summed E-state index contributed by atoms with van der Waals surface area (Å²) in [6, 6.07) is 0. The van der Waals surface area contributed by atoms with Crippen LogP contribution < -0.4 is 5.32 Å². The minimum absolute atomic E-state index is 0.0243. The van der Waals surface area contributed by atoms with Crippen molar-refractivity contribution in [2.75, 3.05) is 19.8 Å². The zero-order valence-corrected chi connectivity index (χ0v) is 11.5. The van der Waals surface area contributed by atoms with Gasteiger partial charge in [0.05, 0.1) is 12.2 Å². The van der Waals surface area contributed by atoms with E-state index >= 15 is 0 Å². The molecule has 4 nitrogen and oxygen atoms in total. The van der Waals surface area contributed by atoms with Gasteiger partial charge in [-0.3, -0.25) is 4.79 Å². The Balaban J connectivity index is 2.15. The summed E-state index contributed by atoms with van der Waals surface area (Å²) in [7, 11) is 0. The molecule has 0 aromatic carbocycles. The lowest BCUT2D eigenvalue weighted by Crippen LogP contribution is -2.42. The summed E-state index contributed by atoms with van der Waals surface area (Å²) in [6.07, 6.45) is 7.48. The van der Waals surface area contributed by atoms with E-state index in [9.17, 15) is 9.90 Å². The number of ether oxygens (including phenoxy) is 1. The number of rotatable bonds is 7. The fourth-order valence-electron chi connectivity index (χ4n) is 2.33. The number of aliphatic hydroxyl groups is 1. The van der Waals surface area contributed by atoms with E-state index in [1.165, 1.54) is 12.8 Å². The Labute approximate surface area is 110 Å². The van der Waals surface area contributed by atoms with Crippen molar-refractivity contribution in [3.05, 3.63) is 0 Å². The second-order valence-electron chi connectivity index (χ2n) is 5.28. The van der Waals surface area contributed by atoms with Gasteiger partial charge in [-0.05, 0) is 19.3 Å². The summed E-state index contributed by atoms with van der Waals surface area (Å²) < 4.78 is 5.27. The molecule has 18 heavy (non-hydrogen) atoms. The molecule has 1 aliphatic rings. The van der Waals surface area contributed by atoms with Gasteiger partial charge in [0, 0.05) is 19.6 Å². The smallest absolute Gasteiger partial charge is 0.222 e. The van der Waals surface area contributed by atoms with E-state index in [1.807, 2.05) is 6.92 Å². The van der Waals surface area contributed by atoms with Crippen LogP contribution >= 0.6 is 0 Å². The lowest BCUT2D eigenvalue weighted by molar-refractivity contribution is -0.123. The first-order chi connectivity index (χ1) is 8.66. The van der Waals surface area contributed by atoms with Crippen LogP contribution in [0.4, 0.5) is 0 Å². The lowest BCUT2D eigenvalue weighted by atomic mass is 9.94. The minimum Gasteiger partial charge on any atom is -0.388 e. The number of nitrogens with one attached hydrogen (secondary N) is 1. The van der Waals surface area contributed by atoms with Crippen LogP contribution in [0.15, 0.2) is 0 Å². The standard InChI is InChI=1S/C14H27NO3/c1-2-10-18-11-7-13(16)15-12-14(17)8-5-3-4-6-9-14/h17H,2-12H2,1H3,(H,15,16). The van der Waals surface area contributed by atoms with Crippen LogP contribution in [-0.2, 0) is 9.53 Å². The van der Waals surface area contributed by atoms with Gasteiger partial charge in [-0.1, -0.05) is 32.6 Å². The summed E-state index contributed by atoms with van der Waals surface area (Å²) in [5.74, 6) is -0.0243. The summed E-state index contributed by atoms with van der Waals surface area (Å²) in [6.45, 7) is 3.61. The molecule has 1 fully saturated rings. The number of hydrogen-bond donors (Lipinski definition) is 2. The molecule has 0 radical (unpaired) electrons. The normalized spacial score (nSPS) is 19.2. The monoisotopic (exact) mass is 257 g/mol. The van der Waals surface area contributed by atoms with Crippen molar-refractivity contribution in [2.45, 2.75) is 63.9 Å². The molecule has 0 aliphatic heterocycles. The molecule has 0 spiro atoms. The van der Waals surface area contributed by atoms with Crippen molar-refractivity contribution in [1.29, 1.82) is 0 Å². The molecule has 1 rings (SSSR count). The van der Waals surface area contributed by atoms with Crippen LogP contribution in [0, 0.1) is 0 Å². The molecule has 1 saturated carbocycles. The molecular weight excluding hydrogens is 230 g/mol. The highest BCUT2D eigenvalue weighted by molar-refractivity contribution is 5.76. The van der Waals surface area contributed by atoms with Crippen LogP contribution in [-0.4, -0.2) is 36.4 Å². The average Bonchev–Trinajstić information content (AvgIpc) is 2.58. The summed E-state index contributed by atoms with van der Waals surface area (Å²) in [5.41, 5.74) is -0.684. The maximum atomic E-state index is 11.6. The Morgan fingerprint density at radius 3 is 2.50 bits per heavy atom. The van der Waals surface area contributed by atoms with Gasteiger partial charge >= 0.3 is 0 Å². The first-order valence-electron chi connectivity index (χ1n) is 7.23. The molecule has 0 bridgehead atoms.